The predicted octanol–water partition coefficient (Wildman–Crippen LogP) is 4.70. The second-order valence-corrected chi connectivity index (χ2v) is 16.3. The van der Waals surface area contributed by atoms with Gasteiger partial charge in [-0.05, 0) is 161 Å². The van der Waals surface area contributed by atoms with Gasteiger partial charge < -0.3 is 49.4 Å². The quantitative estimate of drug-likeness (QED) is 0.0734. The molecule has 19 nitrogen and oxygen atoms in total. The van der Waals surface area contributed by atoms with Crippen molar-refractivity contribution in [1.29, 1.82) is 0 Å². The number of carboxylic acid groups (broad SMARTS) is 1. The van der Waals surface area contributed by atoms with Gasteiger partial charge in [-0.15, -0.1) is 0 Å². The number of rotatable bonds is 12. The van der Waals surface area contributed by atoms with Crippen LogP contribution in [0.2, 0.25) is 5.28 Å². The van der Waals surface area contributed by atoms with Gasteiger partial charge in [0.15, 0.2) is 11.6 Å². The van der Waals surface area contributed by atoms with Crippen molar-refractivity contribution in [1.82, 2.24) is 29.9 Å². The molecule has 3 heterocycles. The summed E-state index contributed by atoms with van der Waals surface area (Å²) in [4.78, 5) is 59.2. The third kappa shape index (κ3) is 21.5. The summed E-state index contributed by atoms with van der Waals surface area (Å²) in [6.07, 6.45) is 0.377. The van der Waals surface area contributed by atoms with Crippen LogP contribution in [0.4, 0.5) is 0 Å². The number of carboxylic acids is 1. The molecule has 5 N–H and O–H groups in total. The van der Waals surface area contributed by atoms with Crippen LogP contribution in [0, 0.1) is 41.5 Å². The monoisotopic (exact) mass is 1040 g/mol. The molecule has 388 valence electrons. The maximum atomic E-state index is 11.7. The van der Waals surface area contributed by atoms with E-state index < -0.39 is 25.0 Å². The van der Waals surface area contributed by atoms with Gasteiger partial charge in [-0.2, -0.15) is 0 Å². The Morgan fingerprint density at radius 2 is 0.753 bits per heavy atom. The summed E-state index contributed by atoms with van der Waals surface area (Å²) in [5.41, 5.74) is 6.35. The van der Waals surface area contributed by atoms with E-state index in [4.69, 9.17) is 50.8 Å². The van der Waals surface area contributed by atoms with Crippen molar-refractivity contribution in [2.24, 2.45) is 0 Å². The number of benzene rings is 3. The summed E-state index contributed by atoms with van der Waals surface area (Å²) < 4.78 is 25.9. The Bertz CT molecular complexity index is 2610. The Labute approximate surface area is 454 Å². The van der Waals surface area contributed by atoms with Gasteiger partial charge in [0, 0.05) is 18.2 Å². The van der Waals surface area contributed by atoms with E-state index in [-0.39, 0.29) is 64.2 Å². The first-order chi connectivity index (χ1) is 33.4. The zero-order valence-corrected chi connectivity index (χ0v) is 47.1. The number of aryl methyl sites for hydroxylation is 6. The minimum atomic E-state index is -1.41. The number of carbonyl (C=O) groups is 3. The van der Waals surface area contributed by atoms with Gasteiger partial charge in [-0.25, -0.2) is 44.3 Å². The minimum Gasteiger partial charge on any atom is -0.870 e. The summed E-state index contributed by atoms with van der Waals surface area (Å²) in [7, 11) is 2.26. The SMILES string of the molecule is CC(C)Oc1ccc(B(O)O)cc1.CO.COC(=O)c1c(C)nc(-c2ccc(OC(C)C)cc2)nc1C.COC(=O)c1c(C)nc(Cl)nc1C.Cc1nc(-c2ccc(OC(C)C)cc2)nc(C)c1C(=O)O.[Na+].[OH-]. The number of hydrogen-bond donors (Lipinski definition) is 4. The first-order valence-corrected chi connectivity index (χ1v) is 22.6. The molecule has 3 aromatic heterocycles. The van der Waals surface area contributed by atoms with E-state index in [0.29, 0.717) is 62.4 Å². The van der Waals surface area contributed by atoms with Crippen molar-refractivity contribution < 1.29 is 93.4 Å². The van der Waals surface area contributed by atoms with Gasteiger partial charge >= 0.3 is 54.6 Å². The molecule has 73 heavy (non-hydrogen) atoms. The molecular weight excluding hydrogens is 974 g/mol. The number of nitrogens with zero attached hydrogens (tertiary/aromatic N) is 6. The smallest absolute Gasteiger partial charge is 0.870 e. The molecule has 0 saturated carbocycles. The van der Waals surface area contributed by atoms with Crippen LogP contribution in [0.25, 0.3) is 22.8 Å². The first kappa shape index (κ1) is 66.9. The van der Waals surface area contributed by atoms with Crippen molar-refractivity contribution in [2.45, 2.75) is 101 Å². The van der Waals surface area contributed by atoms with Crippen molar-refractivity contribution in [3.63, 3.8) is 0 Å². The normalized spacial score (nSPS) is 9.95. The topological polar surface area (TPSA) is 286 Å². The van der Waals surface area contributed by atoms with Crippen molar-refractivity contribution >= 4 is 42.1 Å². The fourth-order valence-electron chi connectivity index (χ4n) is 6.37. The van der Waals surface area contributed by atoms with E-state index in [9.17, 15) is 14.4 Å². The van der Waals surface area contributed by atoms with Crippen LogP contribution in [0.3, 0.4) is 0 Å². The van der Waals surface area contributed by atoms with Gasteiger partial charge in [-0.3, -0.25) is 0 Å². The van der Waals surface area contributed by atoms with Crippen molar-refractivity contribution in [2.75, 3.05) is 21.3 Å². The number of ether oxygens (including phenoxy) is 5. The molecule has 6 aromatic rings. The van der Waals surface area contributed by atoms with E-state index in [1.807, 2.05) is 90.1 Å². The molecule has 0 spiro atoms. The summed E-state index contributed by atoms with van der Waals surface area (Å²) in [5.74, 6) is 1.57. The molecule has 6 rings (SSSR count). The Morgan fingerprint density at radius 3 is 1.00 bits per heavy atom. The van der Waals surface area contributed by atoms with Gasteiger partial charge in [-0.1, -0.05) is 12.1 Å². The third-order valence-corrected chi connectivity index (χ3v) is 9.47. The summed E-state index contributed by atoms with van der Waals surface area (Å²) in [5, 5.41) is 33.9. The van der Waals surface area contributed by atoms with Crippen LogP contribution >= 0.6 is 11.6 Å². The fraction of sp³-hybridized carbons (Fsp3) is 0.353. The number of aliphatic hydroxyl groups is 1. The molecule has 3 aromatic carbocycles. The van der Waals surface area contributed by atoms with Crippen LogP contribution in [-0.2, 0) is 9.47 Å². The molecule has 0 unspecified atom stereocenters. The standard InChI is InChI=1S/C17H20N2O3.C16H18N2O3.C9H13BO3.C8H9ClN2O2.CH4O.Na.H2O/c1-10(2)22-14-8-6-13(7-9-14)16-18-11(3)15(12(4)19-16)17(20)21-5;1-9(2)21-13-7-5-12(6-8-13)15-17-10(3)14(16(19)20)11(4)18-15;1-7(2)13-9-5-3-8(4-6-9)10(11)12;1-4-6(7(12)13-3)5(2)11-8(9)10-4;1-2;;/h6-10H,1-5H3;5-9H,1-4H3,(H,19,20);3-7,11-12H,1-2H3;1-3H3;2H,1H3;;1H2/q;;;;;+1;/p-1. The molecular formula is C51H65BClN6NaO13. The number of aromatic nitrogens is 6. The van der Waals surface area contributed by atoms with Gasteiger partial charge in [0.1, 0.15) is 33.9 Å². The number of hydrogen-bond acceptors (Lipinski definition) is 18. The van der Waals surface area contributed by atoms with E-state index in [1.54, 1.807) is 65.8 Å². The Kier molecular flexibility index (Phi) is 30.1. The molecule has 0 aliphatic rings. The Morgan fingerprint density at radius 1 is 0.493 bits per heavy atom. The van der Waals surface area contributed by atoms with Gasteiger partial charge in [0.25, 0.3) is 0 Å². The van der Waals surface area contributed by atoms with Crippen LogP contribution < -0.4 is 49.2 Å². The molecule has 0 saturated heterocycles. The average Bonchev–Trinajstić information content (AvgIpc) is 3.29. The molecule has 0 atom stereocenters. The van der Waals surface area contributed by atoms with Crippen molar-refractivity contribution in [3.8, 4) is 40.0 Å². The maximum absolute atomic E-state index is 11.7. The van der Waals surface area contributed by atoms with Gasteiger partial charge in [0.05, 0.1) is 66.7 Å². The van der Waals surface area contributed by atoms with Crippen LogP contribution in [0.1, 0.15) is 107 Å². The molecule has 0 aliphatic heterocycles. The summed E-state index contributed by atoms with van der Waals surface area (Å²) in [6.45, 7) is 22.1. The second kappa shape index (κ2) is 32.9. The first-order valence-electron chi connectivity index (χ1n) is 22.2. The predicted molar refractivity (Wildman–Crippen MR) is 274 cm³/mol. The number of halogens is 1. The molecule has 0 bridgehead atoms. The minimum absolute atomic E-state index is 0. The fourth-order valence-corrected chi connectivity index (χ4v) is 6.62. The van der Waals surface area contributed by atoms with Crippen LogP contribution in [-0.4, -0.2) is 120 Å². The van der Waals surface area contributed by atoms with Crippen molar-refractivity contribution in [3.05, 3.63) is 129 Å². The van der Waals surface area contributed by atoms with E-state index in [2.05, 4.69) is 34.6 Å². The number of methoxy groups -OCH3 is 2. The zero-order chi connectivity index (χ0) is 53.7. The maximum Gasteiger partial charge on any atom is 1.00 e. The molecule has 22 heteroatoms. The zero-order valence-electron chi connectivity index (χ0n) is 44.3. The molecule has 0 radical (unpaired) electrons. The Balaban J connectivity index is 0.000000951. The van der Waals surface area contributed by atoms with E-state index in [0.717, 1.165) is 35.5 Å². The number of aromatic carboxylic acids is 1. The molecule has 0 fully saturated rings. The largest absolute Gasteiger partial charge is 1.00 e. The number of carbonyl (C=O) groups excluding carboxylic acids is 2. The Hall–Kier alpha value is -6.10. The number of esters is 2. The van der Waals surface area contributed by atoms with Crippen LogP contribution in [0.15, 0.2) is 72.8 Å². The molecule has 0 amide bonds. The van der Waals surface area contributed by atoms with E-state index in [1.165, 1.54) is 14.2 Å². The summed E-state index contributed by atoms with van der Waals surface area (Å²) in [6, 6.07) is 21.7. The third-order valence-electron chi connectivity index (χ3n) is 9.30. The second-order valence-electron chi connectivity index (χ2n) is 16.0. The van der Waals surface area contributed by atoms with Gasteiger partial charge in [0.2, 0.25) is 5.28 Å². The van der Waals surface area contributed by atoms with Crippen LogP contribution in [0.5, 0.6) is 17.2 Å². The van der Waals surface area contributed by atoms with E-state index >= 15 is 0 Å². The average molecular weight is 1040 g/mol. The number of aliphatic hydroxyl groups excluding tert-OH is 1. The molecule has 0 aliphatic carbocycles. The summed E-state index contributed by atoms with van der Waals surface area (Å²) >= 11 is 5.60.